The molecule has 6 rings (SSSR count). The largest absolute Gasteiger partial charge is 0.487 e. The molecule has 0 fully saturated rings. The summed E-state index contributed by atoms with van der Waals surface area (Å²) in [5.74, 6) is 1.05. The Hall–Kier alpha value is -5.25. The van der Waals surface area contributed by atoms with Gasteiger partial charge in [0.25, 0.3) is 5.91 Å². The van der Waals surface area contributed by atoms with Crippen molar-refractivity contribution in [2.24, 2.45) is 0 Å². The molecule has 3 aromatic carbocycles. The van der Waals surface area contributed by atoms with E-state index >= 15 is 0 Å². The van der Waals surface area contributed by atoms with E-state index in [1.54, 1.807) is 9.36 Å². The van der Waals surface area contributed by atoms with E-state index in [-0.39, 0.29) is 12.5 Å². The standard InChI is InChI=1S/C30H28N8O2/c1-20-8-6-7-11-26(20)34-29(39)27-21(2)33-30-31-19-32-38(30)28(27)23-12-14-25(15-13-23)40-18-24-17-37(36-35-24)16-22-9-4-3-5-10-22/h3-15,17,19,28H,16,18H2,1-2H3,(H,34,39)(H,31,32,33). The number of rotatable bonds is 8. The monoisotopic (exact) mass is 532 g/mol. The average Bonchev–Trinajstić information content (AvgIpc) is 3.62. The van der Waals surface area contributed by atoms with Gasteiger partial charge in [0, 0.05) is 11.4 Å². The third-order valence-electron chi connectivity index (χ3n) is 6.79. The van der Waals surface area contributed by atoms with Crippen LogP contribution in [-0.4, -0.2) is 35.7 Å². The molecule has 1 aliphatic rings. The number of nitrogens with one attached hydrogen (secondary N) is 2. The fraction of sp³-hybridized carbons (Fsp3) is 0.167. The molecule has 5 aromatic rings. The molecule has 2 aromatic heterocycles. The molecule has 40 heavy (non-hydrogen) atoms. The van der Waals surface area contributed by atoms with Gasteiger partial charge in [0.15, 0.2) is 0 Å². The number of carbonyl (C=O) groups excluding carboxylic acids is 1. The molecule has 2 N–H and O–H groups in total. The van der Waals surface area contributed by atoms with Crippen molar-refractivity contribution in [2.45, 2.75) is 33.0 Å². The van der Waals surface area contributed by atoms with Gasteiger partial charge in [-0.1, -0.05) is 65.9 Å². The van der Waals surface area contributed by atoms with E-state index in [0.29, 0.717) is 23.8 Å². The molecule has 0 saturated carbocycles. The minimum absolute atomic E-state index is 0.204. The number of aryl methyl sites for hydroxylation is 1. The molecule has 1 amide bonds. The summed E-state index contributed by atoms with van der Waals surface area (Å²) >= 11 is 0. The van der Waals surface area contributed by atoms with Crippen LogP contribution in [0, 0.1) is 6.92 Å². The van der Waals surface area contributed by atoms with E-state index in [4.69, 9.17) is 4.74 Å². The smallest absolute Gasteiger partial charge is 0.255 e. The summed E-state index contributed by atoms with van der Waals surface area (Å²) < 4.78 is 9.50. The molecule has 1 atom stereocenters. The summed E-state index contributed by atoms with van der Waals surface area (Å²) in [7, 11) is 0. The maximum absolute atomic E-state index is 13.6. The Kier molecular flexibility index (Phi) is 6.80. The highest BCUT2D eigenvalue weighted by Crippen LogP contribution is 2.36. The summed E-state index contributed by atoms with van der Waals surface area (Å²) in [5, 5.41) is 19.1. The van der Waals surface area contributed by atoms with E-state index in [2.05, 4.69) is 43.2 Å². The van der Waals surface area contributed by atoms with E-state index in [0.717, 1.165) is 33.8 Å². The molecule has 3 heterocycles. The topological polar surface area (TPSA) is 112 Å². The zero-order valence-electron chi connectivity index (χ0n) is 22.2. The third-order valence-corrected chi connectivity index (χ3v) is 6.79. The first-order valence-electron chi connectivity index (χ1n) is 12.9. The number of nitrogens with zero attached hydrogens (tertiary/aromatic N) is 6. The highest BCUT2D eigenvalue weighted by Gasteiger charge is 2.33. The van der Waals surface area contributed by atoms with Gasteiger partial charge in [-0.25, -0.2) is 9.36 Å². The van der Waals surface area contributed by atoms with Crippen molar-refractivity contribution in [1.82, 2.24) is 29.8 Å². The number of allylic oxidation sites excluding steroid dienone is 1. The van der Waals surface area contributed by atoms with Gasteiger partial charge in [-0.05, 0) is 48.7 Å². The minimum Gasteiger partial charge on any atom is -0.487 e. The van der Waals surface area contributed by atoms with Crippen LogP contribution in [0.2, 0.25) is 0 Å². The van der Waals surface area contributed by atoms with E-state index in [1.807, 2.05) is 86.8 Å². The van der Waals surface area contributed by atoms with Crippen molar-refractivity contribution in [3.8, 4) is 5.75 Å². The Bertz CT molecular complexity index is 1670. The second-order valence-electron chi connectivity index (χ2n) is 9.61. The Morgan fingerprint density at radius 2 is 1.77 bits per heavy atom. The first kappa shape index (κ1) is 25.1. The van der Waals surface area contributed by atoms with Crippen molar-refractivity contribution in [2.75, 3.05) is 10.6 Å². The van der Waals surface area contributed by atoms with E-state index in [1.165, 1.54) is 6.33 Å². The second kappa shape index (κ2) is 10.9. The number of amides is 1. The number of carbonyl (C=O) groups is 1. The summed E-state index contributed by atoms with van der Waals surface area (Å²) in [6.45, 7) is 4.78. The van der Waals surface area contributed by atoms with Gasteiger partial charge in [0.1, 0.15) is 30.4 Å². The van der Waals surface area contributed by atoms with Crippen LogP contribution >= 0.6 is 0 Å². The first-order chi connectivity index (χ1) is 19.5. The Morgan fingerprint density at radius 1 is 1.00 bits per heavy atom. The molecule has 1 unspecified atom stereocenters. The van der Waals surface area contributed by atoms with Gasteiger partial charge in [0.05, 0.1) is 18.3 Å². The van der Waals surface area contributed by atoms with Crippen molar-refractivity contribution >= 4 is 17.5 Å². The zero-order valence-corrected chi connectivity index (χ0v) is 22.2. The number of ether oxygens (including phenoxy) is 1. The summed E-state index contributed by atoms with van der Waals surface area (Å²) in [6, 6.07) is 25.0. The zero-order chi connectivity index (χ0) is 27.5. The molecule has 0 saturated heterocycles. The Morgan fingerprint density at radius 3 is 2.58 bits per heavy atom. The number of aromatic nitrogens is 6. The van der Waals surface area contributed by atoms with Gasteiger partial charge in [-0.15, -0.1) is 5.10 Å². The molecular weight excluding hydrogens is 504 g/mol. The lowest BCUT2D eigenvalue weighted by Crippen LogP contribution is -2.31. The van der Waals surface area contributed by atoms with Crippen LogP contribution in [0.25, 0.3) is 0 Å². The van der Waals surface area contributed by atoms with Gasteiger partial charge >= 0.3 is 0 Å². The van der Waals surface area contributed by atoms with Crippen molar-refractivity contribution < 1.29 is 9.53 Å². The van der Waals surface area contributed by atoms with Crippen molar-refractivity contribution in [3.05, 3.63) is 125 Å². The molecule has 0 spiro atoms. The Labute approximate surface area is 231 Å². The van der Waals surface area contributed by atoms with Crippen LogP contribution < -0.4 is 15.4 Å². The Balaban J connectivity index is 1.18. The fourth-order valence-corrected chi connectivity index (χ4v) is 4.75. The number of anilines is 2. The van der Waals surface area contributed by atoms with Gasteiger partial charge in [0.2, 0.25) is 5.95 Å². The van der Waals surface area contributed by atoms with Crippen LogP contribution in [0.1, 0.15) is 35.3 Å². The molecule has 0 radical (unpaired) electrons. The lowest BCUT2D eigenvalue weighted by atomic mass is 9.95. The molecular formula is C30H28N8O2. The average molecular weight is 533 g/mol. The number of hydrogen-bond donors (Lipinski definition) is 2. The number of benzene rings is 3. The van der Waals surface area contributed by atoms with Crippen LogP contribution in [0.4, 0.5) is 11.6 Å². The van der Waals surface area contributed by atoms with Gasteiger partial charge in [-0.2, -0.15) is 10.1 Å². The fourth-order valence-electron chi connectivity index (χ4n) is 4.75. The first-order valence-corrected chi connectivity index (χ1v) is 12.9. The molecule has 10 heteroatoms. The minimum atomic E-state index is -0.463. The SMILES string of the molecule is CC1=C(C(=O)Nc2ccccc2C)C(c2ccc(OCc3cn(Cc4ccccc4)nn3)cc2)n2ncnc2N1. The van der Waals surface area contributed by atoms with Crippen LogP contribution in [0.5, 0.6) is 5.75 Å². The van der Waals surface area contributed by atoms with Crippen LogP contribution in [0.3, 0.4) is 0 Å². The number of para-hydroxylation sites is 1. The second-order valence-corrected chi connectivity index (χ2v) is 9.61. The maximum Gasteiger partial charge on any atom is 0.255 e. The van der Waals surface area contributed by atoms with Crippen molar-refractivity contribution in [1.29, 1.82) is 0 Å². The maximum atomic E-state index is 13.6. The molecule has 0 bridgehead atoms. The highest BCUT2D eigenvalue weighted by atomic mass is 16.5. The third kappa shape index (κ3) is 5.19. The highest BCUT2D eigenvalue weighted by molar-refractivity contribution is 6.06. The molecule has 200 valence electrons. The van der Waals surface area contributed by atoms with E-state index < -0.39 is 6.04 Å². The normalized spacial score (nSPS) is 14.4. The predicted octanol–water partition coefficient (Wildman–Crippen LogP) is 4.73. The quantitative estimate of drug-likeness (QED) is 0.297. The predicted molar refractivity (Wildman–Crippen MR) is 151 cm³/mol. The van der Waals surface area contributed by atoms with Gasteiger partial charge in [-0.3, -0.25) is 4.79 Å². The lowest BCUT2D eigenvalue weighted by molar-refractivity contribution is -0.113. The van der Waals surface area contributed by atoms with Gasteiger partial charge < -0.3 is 15.4 Å². The molecule has 1 aliphatic heterocycles. The molecule has 10 nitrogen and oxygen atoms in total. The lowest BCUT2D eigenvalue weighted by Gasteiger charge is -2.29. The number of fused-ring (bicyclic) bond motifs is 1. The van der Waals surface area contributed by atoms with Crippen LogP contribution in [-0.2, 0) is 17.9 Å². The van der Waals surface area contributed by atoms with Crippen molar-refractivity contribution in [3.63, 3.8) is 0 Å². The number of hydrogen-bond acceptors (Lipinski definition) is 7. The molecule has 0 aliphatic carbocycles. The summed E-state index contributed by atoms with van der Waals surface area (Å²) in [4.78, 5) is 17.9. The van der Waals surface area contributed by atoms with Crippen LogP contribution in [0.15, 0.2) is 103 Å². The van der Waals surface area contributed by atoms with E-state index in [9.17, 15) is 4.79 Å². The summed E-state index contributed by atoms with van der Waals surface area (Å²) in [6.07, 6.45) is 3.36. The summed E-state index contributed by atoms with van der Waals surface area (Å²) in [5.41, 5.74) is 5.79.